The molecule has 1 heterocycles. The monoisotopic (exact) mass is 167 g/mol. The van der Waals surface area contributed by atoms with E-state index in [1.807, 2.05) is 19.2 Å². The summed E-state index contributed by atoms with van der Waals surface area (Å²) in [5.74, 6) is 0.953. The SMILES string of the molecule is Cc1ncccc1CCCS. The first-order valence-corrected chi connectivity index (χ1v) is 4.49. The van der Waals surface area contributed by atoms with Crippen LogP contribution in [0.3, 0.4) is 0 Å². The summed E-state index contributed by atoms with van der Waals surface area (Å²) in [6, 6.07) is 4.12. The number of hydrogen-bond acceptors (Lipinski definition) is 2. The molecule has 0 radical (unpaired) electrons. The minimum Gasteiger partial charge on any atom is -0.261 e. The van der Waals surface area contributed by atoms with Gasteiger partial charge in [0.1, 0.15) is 0 Å². The third-order valence-corrected chi connectivity index (χ3v) is 2.04. The van der Waals surface area contributed by atoms with Crippen molar-refractivity contribution in [3.63, 3.8) is 0 Å². The molecule has 0 aliphatic carbocycles. The summed E-state index contributed by atoms with van der Waals surface area (Å²) in [6.07, 6.45) is 4.07. The van der Waals surface area contributed by atoms with E-state index < -0.39 is 0 Å². The summed E-state index contributed by atoms with van der Waals surface area (Å²) in [4.78, 5) is 4.21. The molecule has 0 saturated carbocycles. The zero-order chi connectivity index (χ0) is 8.10. The van der Waals surface area contributed by atoms with Crippen molar-refractivity contribution in [1.82, 2.24) is 4.98 Å². The van der Waals surface area contributed by atoms with Crippen LogP contribution in [0.1, 0.15) is 17.7 Å². The van der Waals surface area contributed by atoms with E-state index in [-0.39, 0.29) is 0 Å². The van der Waals surface area contributed by atoms with Crippen LogP contribution in [0.5, 0.6) is 0 Å². The predicted octanol–water partition coefficient (Wildman–Crippen LogP) is 2.25. The molecule has 1 nitrogen and oxygen atoms in total. The molecular weight excluding hydrogens is 154 g/mol. The Bertz CT molecular complexity index is 223. The van der Waals surface area contributed by atoms with Gasteiger partial charge in [-0.05, 0) is 37.1 Å². The van der Waals surface area contributed by atoms with Gasteiger partial charge < -0.3 is 0 Å². The number of hydrogen-bond donors (Lipinski definition) is 1. The van der Waals surface area contributed by atoms with Gasteiger partial charge in [0.25, 0.3) is 0 Å². The first kappa shape index (κ1) is 8.60. The highest BCUT2D eigenvalue weighted by atomic mass is 32.1. The maximum absolute atomic E-state index is 4.21. The molecule has 0 bridgehead atoms. The summed E-state index contributed by atoms with van der Waals surface area (Å²) in [5, 5.41) is 0. The van der Waals surface area contributed by atoms with Gasteiger partial charge in [0.2, 0.25) is 0 Å². The number of nitrogens with zero attached hydrogens (tertiary/aromatic N) is 1. The van der Waals surface area contributed by atoms with E-state index in [2.05, 4.69) is 23.7 Å². The first-order chi connectivity index (χ1) is 5.34. The Morgan fingerprint density at radius 3 is 3.00 bits per heavy atom. The molecule has 0 atom stereocenters. The molecule has 1 rings (SSSR count). The van der Waals surface area contributed by atoms with E-state index in [4.69, 9.17) is 0 Å². The lowest BCUT2D eigenvalue weighted by Gasteiger charge is -2.01. The second-order valence-electron chi connectivity index (χ2n) is 2.58. The van der Waals surface area contributed by atoms with Crippen molar-refractivity contribution < 1.29 is 0 Å². The number of pyridine rings is 1. The number of rotatable bonds is 3. The fourth-order valence-electron chi connectivity index (χ4n) is 1.05. The van der Waals surface area contributed by atoms with E-state index in [0.717, 1.165) is 24.3 Å². The highest BCUT2D eigenvalue weighted by molar-refractivity contribution is 7.80. The summed E-state index contributed by atoms with van der Waals surface area (Å²) in [7, 11) is 0. The van der Waals surface area contributed by atoms with Gasteiger partial charge in [0.15, 0.2) is 0 Å². The molecule has 11 heavy (non-hydrogen) atoms. The molecule has 0 aliphatic rings. The van der Waals surface area contributed by atoms with Crippen molar-refractivity contribution in [3.8, 4) is 0 Å². The van der Waals surface area contributed by atoms with E-state index in [0.29, 0.717) is 0 Å². The molecule has 0 aliphatic heterocycles. The third kappa shape index (κ3) is 2.54. The van der Waals surface area contributed by atoms with Crippen molar-refractivity contribution >= 4 is 12.6 Å². The van der Waals surface area contributed by atoms with Crippen LogP contribution in [-0.4, -0.2) is 10.7 Å². The quantitative estimate of drug-likeness (QED) is 0.681. The zero-order valence-corrected chi connectivity index (χ0v) is 7.64. The Morgan fingerprint density at radius 2 is 2.36 bits per heavy atom. The van der Waals surface area contributed by atoms with Crippen molar-refractivity contribution in [2.45, 2.75) is 19.8 Å². The van der Waals surface area contributed by atoms with Gasteiger partial charge >= 0.3 is 0 Å². The molecule has 60 valence electrons. The van der Waals surface area contributed by atoms with Crippen LogP contribution in [0.4, 0.5) is 0 Å². The molecule has 2 heteroatoms. The van der Waals surface area contributed by atoms with Gasteiger partial charge in [-0.15, -0.1) is 0 Å². The van der Waals surface area contributed by atoms with Crippen LogP contribution < -0.4 is 0 Å². The van der Waals surface area contributed by atoms with Gasteiger partial charge in [0.05, 0.1) is 0 Å². The van der Waals surface area contributed by atoms with Crippen molar-refractivity contribution in [1.29, 1.82) is 0 Å². The number of thiol groups is 1. The molecule has 1 aromatic rings. The molecule has 0 fully saturated rings. The zero-order valence-electron chi connectivity index (χ0n) is 6.75. The topological polar surface area (TPSA) is 12.9 Å². The van der Waals surface area contributed by atoms with Gasteiger partial charge in [-0.25, -0.2) is 0 Å². The van der Waals surface area contributed by atoms with E-state index >= 15 is 0 Å². The van der Waals surface area contributed by atoms with E-state index in [9.17, 15) is 0 Å². The Kier molecular flexibility index (Phi) is 3.43. The smallest absolute Gasteiger partial charge is 0.0404 e. The van der Waals surface area contributed by atoms with Crippen molar-refractivity contribution in [2.24, 2.45) is 0 Å². The molecule has 0 spiro atoms. The van der Waals surface area contributed by atoms with Crippen LogP contribution in [0.25, 0.3) is 0 Å². The minimum atomic E-state index is 0.953. The van der Waals surface area contributed by atoms with Crippen LogP contribution in [0.15, 0.2) is 18.3 Å². The van der Waals surface area contributed by atoms with E-state index in [1.54, 1.807) is 0 Å². The predicted molar refractivity (Wildman–Crippen MR) is 51.1 cm³/mol. The van der Waals surface area contributed by atoms with Crippen LogP contribution >= 0.6 is 12.6 Å². The fraction of sp³-hybridized carbons (Fsp3) is 0.444. The second-order valence-corrected chi connectivity index (χ2v) is 3.02. The Balaban J connectivity index is 2.62. The molecule has 0 amide bonds. The fourth-order valence-corrected chi connectivity index (χ4v) is 1.21. The highest BCUT2D eigenvalue weighted by Gasteiger charge is 1.95. The molecular formula is C9H13NS. The Morgan fingerprint density at radius 1 is 1.55 bits per heavy atom. The van der Waals surface area contributed by atoms with Gasteiger partial charge in [-0.1, -0.05) is 6.07 Å². The lowest BCUT2D eigenvalue weighted by molar-refractivity contribution is 0.910. The third-order valence-electron chi connectivity index (χ3n) is 1.72. The van der Waals surface area contributed by atoms with Gasteiger partial charge in [-0.2, -0.15) is 12.6 Å². The van der Waals surface area contributed by atoms with Crippen molar-refractivity contribution in [3.05, 3.63) is 29.6 Å². The first-order valence-electron chi connectivity index (χ1n) is 3.86. The maximum Gasteiger partial charge on any atom is 0.0404 e. The van der Waals surface area contributed by atoms with Crippen LogP contribution in [-0.2, 0) is 6.42 Å². The summed E-state index contributed by atoms with van der Waals surface area (Å²) in [6.45, 7) is 2.05. The van der Waals surface area contributed by atoms with Gasteiger partial charge in [0, 0.05) is 11.9 Å². The standard InChI is InChI=1S/C9H13NS/c1-8-9(5-3-7-11)4-2-6-10-8/h2,4,6,11H,3,5,7H2,1H3. The summed E-state index contributed by atoms with van der Waals surface area (Å²) < 4.78 is 0. The minimum absolute atomic E-state index is 0.953. The average molecular weight is 167 g/mol. The number of aromatic nitrogens is 1. The normalized spacial score (nSPS) is 10.0. The van der Waals surface area contributed by atoms with Gasteiger partial charge in [-0.3, -0.25) is 4.98 Å². The molecule has 0 saturated heterocycles. The summed E-state index contributed by atoms with van der Waals surface area (Å²) >= 11 is 4.16. The molecule has 1 aromatic heterocycles. The molecule has 0 aromatic carbocycles. The summed E-state index contributed by atoms with van der Waals surface area (Å²) in [5.41, 5.74) is 2.50. The maximum atomic E-state index is 4.21. The van der Waals surface area contributed by atoms with Crippen LogP contribution in [0.2, 0.25) is 0 Å². The second kappa shape index (κ2) is 4.39. The highest BCUT2D eigenvalue weighted by Crippen LogP contribution is 2.06. The lowest BCUT2D eigenvalue weighted by Crippen LogP contribution is -1.92. The molecule has 0 N–H and O–H groups in total. The Hall–Kier alpha value is -0.500. The Labute approximate surface area is 73.3 Å². The van der Waals surface area contributed by atoms with Crippen LogP contribution in [0, 0.1) is 6.92 Å². The van der Waals surface area contributed by atoms with Crippen molar-refractivity contribution in [2.75, 3.05) is 5.75 Å². The average Bonchev–Trinajstić information content (AvgIpc) is 2.03. The number of aryl methyl sites for hydroxylation is 2. The molecule has 0 unspecified atom stereocenters. The largest absolute Gasteiger partial charge is 0.261 e. The lowest BCUT2D eigenvalue weighted by atomic mass is 10.1. The van der Waals surface area contributed by atoms with E-state index in [1.165, 1.54) is 5.56 Å².